The summed E-state index contributed by atoms with van der Waals surface area (Å²) in [6.45, 7) is 11.1. The van der Waals surface area contributed by atoms with Gasteiger partial charge >= 0.3 is 0 Å². The summed E-state index contributed by atoms with van der Waals surface area (Å²) in [7, 11) is -1.17. The van der Waals surface area contributed by atoms with Gasteiger partial charge in [-0.2, -0.15) is 0 Å². The van der Waals surface area contributed by atoms with Crippen LogP contribution in [-0.4, -0.2) is 20.2 Å². The molecular formula is C11H19NSi. The number of rotatable bonds is 1. The third kappa shape index (κ3) is 4.30. The zero-order valence-corrected chi connectivity index (χ0v) is 10.2. The summed E-state index contributed by atoms with van der Waals surface area (Å²) in [5.41, 5.74) is 4.75. The monoisotopic (exact) mass is 193 g/mol. The third-order valence-electron chi connectivity index (χ3n) is 1.74. The average Bonchev–Trinajstić information content (AvgIpc) is 2.60. The fourth-order valence-corrected chi connectivity index (χ4v) is 1.67. The number of allylic oxidation sites excluding steroid dienone is 1. The van der Waals surface area contributed by atoms with Crippen molar-refractivity contribution in [2.45, 2.75) is 45.6 Å². The van der Waals surface area contributed by atoms with E-state index in [0.717, 1.165) is 0 Å². The van der Waals surface area contributed by atoms with Gasteiger partial charge in [0, 0.05) is 0 Å². The molecule has 0 aromatic heterocycles. The van der Waals surface area contributed by atoms with Crippen molar-refractivity contribution in [1.29, 1.82) is 0 Å². The van der Waals surface area contributed by atoms with E-state index in [1.54, 1.807) is 0 Å². The molecule has 72 valence electrons. The Bertz CT molecular complexity index is 271. The van der Waals surface area contributed by atoms with Crippen LogP contribution in [0.4, 0.5) is 0 Å². The van der Waals surface area contributed by atoms with Crippen LogP contribution < -0.4 is 5.32 Å². The van der Waals surface area contributed by atoms with Crippen LogP contribution in [0.5, 0.6) is 0 Å². The van der Waals surface area contributed by atoms with Crippen LogP contribution in [0.25, 0.3) is 0 Å². The second-order valence-electron chi connectivity index (χ2n) is 4.93. The molecule has 0 bridgehead atoms. The van der Waals surface area contributed by atoms with Crippen molar-refractivity contribution in [3.63, 3.8) is 0 Å². The Kier molecular flexibility index (Phi) is 3.00. The highest BCUT2D eigenvalue weighted by molar-refractivity contribution is 6.83. The fraction of sp³-hybridized carbons (Fsp3) is 0.636. The van der Waals surface area contributed by atoms with Crippen molar-refractivity contribution >= 4 is 8.07 Å². The van der Waals surface area contributed by atoms with Gasteiger partial charge in [-0.25, -0.2) is 0 Å². The Labute approximate surface area is 82.6 Å². The van der Waals surface area contributed by atoms with Crippen LogP contribution >= 0.6 is 0 Å². The molecule has 0 aromatic rings. The van der Waals surface area contributed by atoms with Gasteiger partial charge in [0.05, 0.1) is 12.1 Å². The minimum absolute atomic E-state index is 0.432. The van der Waals surface area contributed by atoms with E-state index in [-0.39, 0.29) is 0 Å². The Balaban J connectivity index is 2.44. The van der Waals surface area contributed by atoms with Crippen molar-refractivity contribution in [3.8, 4) is 11.5 Å². The molecule has 0 radical (unpaired) electrons. The molecule has 0 spiro atoms. The first-order valence-electron chi connectivity index (χ1n) is 4.82. The predicted octanol–water partition coefficient (Wildman–Crippen LogP) is 2.17. The van der Waals surface area contributed by atoms with E-state index < -0.39 is 8.07 Å². The normalized spacial score (nSPS) is 25.9. The van der Waals surface area contributed by atoms with Crippen molar-refractivity contribution in [2.24, 2.45) is 0 Å². The molecule has 1 aliphatic rings. The SMILES string of the molecule is CC(C)=C[C@@H]1N[C@H]1C#C[Si](C)(C)C. The van der Waals surface area contributed by atoms with Gasteiger partial charge in [-0.05, 0) is 13.8 Å². The predicted molar refractivity (Wildman–Crippen MR) is 61.3 cm³/mol. The van der Waals surface area contributed by atoms with Gasteiger partial charge in [-0.3, -0.25) is 5.32 Å². The molecule has 0 aliphatic carbocycles. The molecule has 1 N–H and O–H groups in total. The molecule has 1 rings (SSSR count). The van der Waals surface area contributed by atoms with Gasteiger partial charge in [0.2, 0.25) is 0 Å². The van der Waals surface area contributed by atoms with E-state index in [2.05, 4.69) is 56.3 Å². The highest BCUT2D eigenvalue weighted by Crippen LogP contribution is 2.13. The molecule has 2 atom stereocenters. The summed E-state index contributed by atoms with van der Waals surface area (Å²) in [5.74, 6) is 3.31. The zero-order valence-electron chi connectivity index (χ0n) is 9.23. The molecule has 1 aliphatic heterocycles. The van der Waals surface area contributed by atoms with Gasteiger partial charge < -0.3 is 0 Å². The lowest BCUT2D eigenvalue weighted by Gasteiger charge is -2.02. The average molecular weight is 193 g/mol. The van der Waals surface area contributed by atoms with Crippen molar-refractivity contribution < 1.29 is 0 Å². The Morgan fingerprint density at radius 1 is 1.31 bits per heavy atom. The summed E-state index contributed by atoms with van der Waals surface area (Å²) >= 11 is 0. The minimum atomic E-state index is -1.17. The molecule has 1 saturated heterocycles. The van der Waals surface area contributed by atoms with E-state index in [0.29, 0.717) is 12.1 Å². The first-order chi connectivity index (χ1) is 5.88. The molecule has 0 saturated carbocycles. The van der Waals surface area contributed by atoms with Crippen molar-refractivity contribution in [3.05, 3.63) is 11.6 Å². The minimum Gasteiger partial charge on any atom is -0.293 e. The summed E-state index contributed by atoms with van der Waals surface area (Å²) in [6.07, 6.45) is 2.25. The van der Waals surface area contributed by atoms with E-state index in [1.807, 2.05) is 0 Å². The quantitative estimate of drug-likeness (QED) is 0.293. The van der Waals surface area contributed by atoms with Crippen LogP contribution in [0.15, 0.2) is 11.6 Å². The Hall–Kier alpha value is -0.523. The lowest BCUT2D eigenvalue weighted by Crippen LogP contribution is -2.16. The number of nitrogens with one attached hydrogen (secondary N) is 1. The summed E-state index contributed by atoms with van der Waals surface area (Å²) < 4.78 is 0. The highest BCUT2D eigenvalue weighted by Gasteiger charge is 2.32. The summed E-state index contributed by atoms with van der Waals surface area (Å²) in [6, 6.07) is 0.954. The maximum Gasteiger partial charge on any atom is 0.129 e. The Morgan fingerprint density at radius 2 is 1.92 bits per heavy atom. The van der Waals surface area contributed by atoms with Gasteiger partial charge in [0.1, 0.15) is 8.07 Å². The van der Waals surface area contributed by atoms with Gasteiger partial charge in [0.25, 0.3) is 0 Å². The molecule has 0 amide bonds. The van der Waals surface area contributed by atoms with Crippen LogP contribution in [0.1, 0.15) is 13.8 Å². The van der Waals surface area contributed by atoms with E-state index in [4.69, 9.17) is 0 Å². The molecular weight excluding hydrogens is 174 g/mol. The fourth-order valence-electron chi connectivity index (χ4n) is 1.08. The molecule has 1 fully saturated rings. The molecule has 0 aromatic carbocycles. The second kappa shape index (κ2) is 3.69. The first-order valence-corrected chi connectivity index (χ1v) is 8.32. The third-order valence-corrected chi connectivity index (χ3v) is 2.63. The lowest BCUT2D eigenvalue weighted by atomic mass is 10.2. The van der Waals surface area contributed by atoms with Crippen LogP contribution in [0, 0.1) is 11.5 Å². The van der Waals surface area contributed by atoms with Gasteiger partial charge in [-0.15, -0.1) is 5.54 Å². The molecule has 1 heterocycles. The standard InChI is InChI=1S/C11H19NSi/c1-9(2)8-11-10(12-11)6-7-13(3,4)5/h8,10-12H,1-5H3/t10-,11-/m0/s1. The maximum atomic E-state index is 3.38. The molecule has 0 unspecified atom stereocenters. The van der Waals surface area contributed by atoms with Gasteiger partial charge in [-0.1, -0.05) is 37.2 Å². The van der Waals surface area contributed by atoms with Crippen LogP contribution in [0.3, 0.4) is 0 Å². The zero-order chi connectivity index (χ0) is 10.1. The smallest absolute Gasteiger partial charge is 0.129 e. The second-order valence-corrected chi connectivity index (χ2v) is 9.68. The number of hydrogen-bond acceptors (Lipinski definition) is 1. The molecule has 2 heteroatoms. The first kappa shape index (κ1) is 10.6. The summed E-state index contributed by atoms with van der Waals surface area (Å²) in [4.78, 5) is 0. The van der Waals surface area contributed by atoms with Crippen LogP contribution in [0.2, 0.25) is 19.6 Å². The molecule has 1 nitrogen and oxygen atoms in total. The van der Waals surface area contributed by atoms with Gasteiger partial charge in [0.15, 0.2) is 0 Å². The lowest BCUT2D eigenvalue weighted by molar-refractivity contribution is 1.17. The van der Waals surface area contributed by atoms with Crippen molar-refractivity contribution in [2.75, 3.05) is 0 Å². The van der Waals surface area contributed by atoms with E-state index in [1.165, 1.54) is 5.57 Å². The Morgan fingerprint density at radius 3 is 2.38 bits per heavy atom. The molecule has 13 heavy (non-hydrogen) atoms. The summed E-state index contributed by atoms with van der Waals surface area (Å²) in [5, 5.41) is 3.34. The largest absolute Gasteiger partial charge is 0.293 e. The maximum absolute atomic E-state index is 3.38. The number of hydrogen-bond donors (Lipinski definition) is 1. The van der Waals surface area contributed by atoms with Crippen LogP contribution in [-0.2, 0) is 0 Å². The topological polar surface area (TPSA) is 21.9 Å². The van der Waals surface area contributed by atoms with E-state index in [9.17, 15) is 0 Å². The highest BCUT2D eigenvalue weighted by atomic mass is 28.3. The van der Waals surface area contributed by atoms with Crippen molar-refractivity contribution in [1.82, 2.24) is 5.32 Å². The van der Waals surface area contributed by atoms with E-state index >= 15 is 0 Å².